The van der Waals surface area contributed by atoms with Gasteiger partial charge in [0.05, 0.1) is 36.4 Å². The smallest absolute Gasteiger partial charge is 0.339 e. The molecule has 0 bridgehead atoms. The first-order chi connectivity index (χ1) is 11.2. The lowest BCUT2D eigenvalue weighted by Crippen LogP contribution is -2.08. The van der Waals surface area contributed by atoms with Gasteiger partial charge < -0.3 is 9.47 Å². The summed E-state index contributed by atoms with van der Waals surface area (Å²) in [6.07, 6.45) is 0. The highest BCUT2D eigenvalue weighted by molar-refractivity contribution is 6.08. The quantitative estimate of drug-likeness (QED) is 0.686. The van der Waals surface area contributed by atoms with Gasteiger partial charge in [-0.05, 0) is 24.6 Å². The van der Waals surface area contributed by atoms with Crippen LogP contribution in [0.25, 0.3) is 22.2 Å². The van der Waals surface area contributed by atoms with Gasteiger partial charge in [0.25, 0.3) is 0 Å². The van der Waals surface area contributed by atoms with E-state index in [4.69, 9.17) is 14.5 Å². The lowest BCUT2D eigenvalue weighted by molar-refractivity contribution is 0.0602. The summed E-state index contributed by atoms with van der Waals surface area (Å²) in [4.78, 5) is 17.1. The minimum Gasteiger partial charge on any atom is -0.496 e. The van der Waals surface area contributed by atoms with Crippen LogP contribution in [0.1, 0.15) is 15.9 Å². The summed E-state index contributed by atoms with van der Waals surface area (Å²) >= 11 is 0. The highest BCUT2D eigenvalue weighted by Gasteiger charge is 2.21. The third-order valence-electron chi connectivity index (χ3n) is 3.87. The topological polar surface area (TPSA) is 48.4 Å². The summed E-state index contributed by atoms with van der Waals surface area (Å²) in [5.41, 5.74) is 3.70. The molecule has 0 saturated heterocycles. The summed E-state index contributed by atoms with van der Waals surface area (Å²) in [5, 5.41) is 0.680. The Morgan fingerprint density at radius 1 is 1.00 bits per heavy atom. The molecule has 0 amide bonds. The van der Waals surface area contributed by atoms with Crippen molar-refractivity contribution < 1.29 is 14.3 Å². The minimum atomic E-state index is -0.392. The molecule has 116 valence electrons. The van der Waals surface area contributed by atoms with Gasteiger partial charge in [0.1, 0.15) is 5.75 Å². The summed E-state index contributed by atoms with van der Waals surface area (Å²) in [5.74, 6) is 0.217. The predicted octanol–water partition coefficient (Wildman–Crippen LogP) is 4.01. The first-order valence-corrected chi connectivity index (χ1v) is 7.28. The predicted molar refractivity (Wildman–Crippen MR) is 89.8 cm³/mol. The van der Waals surface area contributed by atoms with Crippen LogP contribution in [0.5, 0.6) is 5.75 Å². The Morgan fingerprint density at radius 3 is 2.39 bits per heavy atom. The number of esters is 1. The zero-order valence-corrected chi connectivity index (χ0v) is 13.3. The van der Waals surface area contributed by atoms with Crippen LogP contribution in [0.2, 0.25) is 0 Å². The van der Waals surface area contributed by atoms with Crippen LogP contribution in [0, 0.1) is 6.92 Å². The van der Waals surface area contributed by atoms with Crippen molar-refractivity contribution in [1.82, 2.24) is 4.98 Å². The van der Waals surface area contributed by atoms with E-state index in [-0.39, 0.29) is 0 Å². The Morgan fingerprint density at radius 2 is 1.74 bits per heavy atom. The number of nitrogens with zero attached hydrogens (tertiary/aromatic N) is 1. The van der Waals surface area contributed by atoms with Crippen LogP contribution >= 0.6 is 0 Å². The molecule has 0 aliphatic heterocycles. The molecule has 0 aliphatic carbocycles. The van der Waals surface area contributed by atoms with Gasteiger partial charge in [0.15, 0.2) is 0 Å². The number of ether oxygens (including phenoxy) is 2. The van der Waals surface area contributed by atoms with Crippen molar-refractivity contribution in [2.45, 2.75) is 6.92 Å². The number of benzene rings is 2. The third-order valence-corrected chi connectivity index (χ3v) is 3.87. The zero-order valence-electron chi connectivity index (χ0n) is 13.3. The van der Waals surface area contributed by atoms with Gasteiger partial charge in [-0.2, -0.15) is 0 Å². The molecule has 0 unspecified atom stereocenters. The first kappa shape index (κ1) is 15.0. The number of methoxy groups -OCH3 is 2. The molecule has 0 saturated carbocycles. The lowest BCUT2D eigenvalue weighted by Gasteiger charge is -2.15. The normalized spacial score (nSPS) is 10.6. The van der Waals surface area contributed by atoms with Gasteiger partial charge in [-0.1, -0.05) is 36.4 Å². The molecule has 3 aromatic rings. The second-order valence-electron chi connectivity index (χ2n) is 5.17. The molecule has 0 spiro atoms. The summed E-state index contributed by atoms with van der Waals surface area (Å²) in [6.45, 7) is 1.88. The van der Waals surface area contributed by atoms with E-state index in [1.54, 1.807) is 7.11 Å². The maximum absolute atomic E-state index is 12.4. The molecule has 0 N–H and O–H groups in total. The molecule has 1 aromatic heterocycles. The van der Waals surface area contributed by atoms with E-state index >= 15 is 0 Å². The number of fused-ring (bicyclic) bond motifs is 1. The largest absolute Gasteiger partial charge is 0.496 e. The van der Waals surface area contributed by atoms with Crippen LogP contribution in [0.4, 0.5) is 0 Å². The molecule has 23 heavy (non-hydrogen) atoms. The number of rotatable bonds is 3. The Balaban J connectivity index is 2.42. The summed E-state index contributed by atoms with van der Waals surface area (Å²) in [6, 6.07) is 15.3. The molecule has 0 radical (unpaired) electrons. The highest BCUT2D eigenvalue weighted by atomic mass is 16.5. The van der Waals surface area contributed by atoms with E-state index in [2.05, 4.69) is 0 Å². The van der Waals surface area contributed by atoms with Crippen molar-refractivity contribution in [2.75, 3.05) is 14.2 Å². The van der Waals surface area contributed by atoms with Gasteiger partial charge in [-0.25, -0.2) is 9.78 Å². The second-order valence-corrected chi connectivity index (χ2v) is 5.17. The molecule has 0 atom stereocenters. The number of aromatic nitrogens is 1. The fourth-order valence-corrected chi connectivity index (χ4v) is 2.78. The van der Waals surface area contributed by atoms with Crippen LogP contribution in [-0.2, 0) is 4.74 Å². The molecule has 4 heteroatoms. The maximum Gasteiger partial charge on any atom is 0.339 e. The minimum absolute atomic E-state index is 0.392. The van der Waals surface area contributed by atoms with Gasteiger partial charge in [-0.15, -0.1) is 0 Å². The number of carbonyl (C=O) groups is 1. The first-order valence-electron chi connectivity index (χ1n) is 7.28. The van der Waals surface area contributed by atoms with Crippen LogP contribution in [0.15, 0.2) is 48.5 Å². The van der Waals surface area contributed by atoms with E-state index in [1.807, 2.05) is 55.5 Å². The summed E-state index contributed by atoms with van der Waals surface area (Å²) < 4.78 is 10.4. The fourth-order valence-electron chi connectivity index (χ4n) is 2.78. The van der Waals surface area contributed by atoms with Gasteiger partial charge >= 0.3 is 5.97 Å². The lowest BCUT2D eigenvalue weighted by atomic mass is 9.97. The van der Waals surface area contributed by atoms with Crippen molar-refractivity contribution in [1.29, 1.82) is 0 Å². The molecular weight excluding hydrogens is 290 g/mol. The van der Waals surface area contributed by atoms with Crippen LogP contribution in [0.3, 0.4) is 0 Å². The summed E-state index contributed by atoms with van der Waals surface area (Å²) in [7, 11) is 2.96. The number of hydrogen-bond acceptors (Lipinski definition) is 4. The van der Waals surface area contributed by atoms with Crippen molar-refractivity contribution in [2.24, 2.45) is 0 Å². The average Bonchev–Trinajstić information content (AvgIpc) is 2.60. The molecule has 0 fully saturated rings. The zero-order chi connectivity index (χ0) is 16.4. The van der Waals surface area contributed by atoms with E-state index in [9.17, 15) is 4.79 Å². The molecule has 4 nitrogen and oxygen atoms in total. The van der Waals surface area contributed by atoms with E-state index in [0.717, 1.165) is 16.8 Å². The van der Waals surface area contributed by atoms with Crippen molar-refractivity contribution in [3.63, 3.8) is 0 Å². The van der Waals surface area contributed by atoms with E-state index in [0.29, 0.717) is 22.2 Å². The Bertz CT molecular complexity index is 873. The Kier molecular flexibility index (Phi) is 3.98. The fraction of sp³-hybridized carbons (Fsp3) is 0.158. The molecule has 2 aromatic carbocycles. The van der Waals surface area contributed by atoms with Gasteiger partial charge in [0.2, 0.25) is 0 Å². The van der Waals surface area contributed by atoms with Gasteiger partial charge in [-0.3, -0.25) is 0 Å². The average molecular weight is 307 g/mol. The van der Waals surface area contributed by atoms with E-state index in [1.165, 1.54) is 7.11 Å². The number of pyridine rings is 1. The third kappa shape index (κ3) is 2.52. The van der Waals surface area contributed by atoms with Crippen molar-refractivity contribution in [3.05, 3.63) is 59.7 Å². The molecule has 3 rings (SSSR count). The number of carbonyl (C=O) groups excluding carboxylic acids is 1. The monoisotopic (exact) mass is 307 g/mol. The van der Waals surface area contributed by atoms with Gasteiger partial charge in [0, 0.05) is 5.56 Å². The molecular formula is C19H17NO3. The molecule has 1 heterocycles. The van der Waals surface area contributed by atoms with Crippen LogP contribution in [-0.4, -0.2) is 25.2 Å². The standard InChI is InChI=1S/C19H17NO3/c1-12-16(19(21)23-3)17-14(10-7-11-15(17)22-2)20-18(12)13-8-5-4-6-9-13/h4-11H,1-3H3. The second kappa shape index (κ2) is 6.08. The molecule has 0 aliphatic rings. The highest BCUT2D eigenvalue weighted by Crippen LogP contribution is 2.34. The number of hydrogen-bond donors (Lipinski definition) is 0. The Labute approximate surface area is 134 Å². The van der Waals surface area contributed by atoms with Crippen molar-refractivity contribution >= 4 is 16.9 Å². The Hall–Kier alpha value is -2.88. The maximum atomic E-state index is 12.4. The van der Waals surface area contributed by atoms with E-state index < -0.39 is 5.97 Å². The van der Waals surface area contributed by atoms with Crippen LogP contribution < -0.4 is 4.74 Å². The van der Waals surface area contributed by atoms with Crippen molar-refractivity contribution in [3.8, 4) is 17.0 Å². The SMILES string of the molecule is COC(=O)c1c(C)c(-c2ccccc2)nc2cccc(OC)c12.